The summed E-state index contributed by atoms with van der Waals surface area (Å²) in [7, 11) is 2.10. The van der Waals surface area contributed by atoms with Crippen molar-refractivity contribution in [3.8, 4) is 5.75 Å². The Balaban J connectivity index is 1.33. The van der Waals surface area contributed by atoms with Gasteiger partial charge in [0.05, 0.1) is 17.8 Å². The zero-order valence-corrected chi connectivity index (χ0v) is 22.4. The third kappa shape index (κ3) is 6.91. The van der Waals surface area contributed by atoms with E-state index >= 15 is 0 Å². The number of benzene rings is 2. The van der Waals surface area contributed by atoms with Gasteiger partial charge in [0.2, 0.25) is 5.91 Å². The van der Waals surface area contributed by atoms with Crippen molar-refractivity contribution in [2.24, 2.45) is 5.92 Å². The van der Waals surface area contributed by atoms with Crippen LogP contribution < -0.4 is 15.4 Å². The number of ether oxygens (including phenoxy) is 2. The molecule has 1 saturated heterocycles. The van der Waals surface area contributed by atoms with E-state index < -0.39 is 0 Å². The summed E-state index contributed by atoms with van der Waals surface area (Å²) in [6.45, 7) is 5.13. The highest BCUT2D eigenvalue weighted by Crippen LogP contribution is 2.36. The monoisotopic (exact) mass is 514 g/mol. The Labute approximate surface area is 225 Å². The zero-order chi connectivity index (χ0) is 26.3. The van der Waals surface area contributed by atoms with Gasteiger partial charge in [0.15, 0.2) is 0 Å². The van der Waals surface area contributed by atoms with Crippen molar-refractivity contribution < 1.29 is 14.3 Å². The fraction of sp³-hybridized carbons (Fsp3) is 0.419. The van der Waals surface area contributed by atoms with Crippen molar-refractivity contribution >= 4 is 28.2 Å². The highest BCUT2D eigenvalue weighted by atomic mass is 16.5. The van der Waals surface area contributed by atoms with Crippen LogP contribution in [0.1, 0.15) is 44.2 Å². The number of aromatic nitrogens is 1. The van der Waals surface area contributed by atoms with Crippen LogP contribution in [0.15, 0.2) is 66.9 Å². The molecule has 7 heteroatoms. The quantitative estimate of drug-likeness (QED) is 0.315. The number of carbonyl (C=O) groups is 1. The third-order valence-corrected chi connectivity index (χ3v) is 7.42. The third-order valence-electron chi connectivity index (χ3n) is 7.42. The van der Waals surface area contributed by atoms with Gasteiger partial charge in [0.1, 0.15) is 5.75 Å². The normalized spacial score (nSPS) is 17.1. The molecule has 2 aromatic carbocycles. The maximum absolute atomic E-state index is 12.9. The SMILES string of the molecule is C[C@@H](Nc1ccnc2cc(OCC3CC3)c(NC(=O)C=CCN(C)C3CCOCC3)cc12)c1ccccc1. The molecule has 1 aromatic heterocycles. The lowest BCUT2D eigenvalue weighted by Crippen LogP contribution is -2.36. The number of hydrogen-bond acceptors (Lipinski definition) is 6. The molecule has 1 atom stereocenters. The fourth-order valence-corrected chi connectivity index (χ4v) is 4.84. The largest absolute Gasteiger partial charge is 0.491 e. The number of anilines is 2. The number of likely N-dealkylation sites (N-methyl/N-ethyl adjacent to an activating group) is 1. The van der Waals surface area contributed by atoms with Gasteiger partial charge in [0, 0.05) is 61.3 Å². The molecule has 1 saturated carbocycles. The molecule has 2 aliphatic rings. The van der Waals surface area contributed by atoms with Gasteiger partial charge in [-0.25, -0.2) is 0 Å². The molecule has 2 heterocycles. The number of nitrogens with one attached hydrogen (secondary N) is 2. The minimum atomic E-state index is -0.169. The molecule has 1 amide bonds. The number of pyridine rings is 1. The average Bonchev–Trinajstić information content (AvgIpc) is 3.78. The first kappa shape index (κ1) is 26.2. The van der Waals surface area contributed by atoms with Crippen LogP contribution in [0.4, 0.5) is 11.4 Å². The average molecular weight is 515 g/mol. The van der Waals surface area contributed by atoms with Gasteiger partial charge in [-0.1, -0.05) is 36.4 Å². The van der Waals surface area contributed by atoms with Gasteiger partial charge in [-0.2, -0.15) is 0 Å². The molecule has 1 aliphatic heterocycles. The zero-order valence-electron chi connectivity index (χ0n) is 22.4. The highest BCUT2D eigenvalue weighted by Gasteiger charge is 2.23. The molecule has 0 radical (unpaired) electrons. The summed E-state index contributed by atoms with van der Waals surface area (Å²) < 4.78 is 11.6. The van der Waals surface area contributed by atoms with Crippen LogP contribution in [-0.4, -0.2) is 55.2 Å². The van der Waals surface area contributed by atoms with Crippen LogP contribution >= 0.6 is 0 Å². The Bertz CT molecular complexity index is 1250. The summed E-state index contributed by atoms with van der Waals surface area (Å²) >= 11 is 0. The van der Waals surface area contributed by atoms with E-state index in [0.29, 0.717) is 30.0 Å². The van der Waals surface area contributed by atoms with Crippen LogP contribution in [-0.2, 0) is 9.53 Å². The first-order valence-electron chi connectivity index (χ1n) is 13.7. The van der Waals surface area contributed by atoms with Crippen molar-refractivity contribution in [3.63, 3.8) is 0 Å². The molecule has 3 aromatic rings. The van der Waals surface area contributed by atoms with E-state index in [1.165, 1.54) is 18.4 Å². The van der Waals surface area contributed by atoms with Crippen molar-refractivity contribution in [3.05, 3.63) is 72.4 Å². The Kier molecular flexibility index (Phi) is 8.56. The number of rotatable bonds is 11. The summed E-state index contributed by atoms with van der Waals surface area (Å²) in [5, 5.41) is 7.62. The number of carbonyl (C=O) groups excluding carboxylic acids is 1. The fourth-order valence-electron chi connectivity index (χ4n) is 4.84. The van der Waals surface area contributed by atoms with Crippen LogP contribution in [0, 0.1) is 5.92 Å². The molecule has 1 aliphatic carbocycles. The Morgan fingerprint density at radius 1 is 1.13 bits per heavy atom. The van der Waals surface area contributed by atoms with Crippen molar-refractivity contribution in [2.75, 3.05) is 44.0 Å². The first-order valence-corrected chi connectivity index (χ1v) is 13.7. The van der Waals surface area contributed by atoms with Gasteiger partial charge < -0.3 is 20.1 Å². The molecule has 38 heavy (non-hydrogen) atoms. The lowest BCUT2D eigenvalue weighted by Gasteiger charge is -2.30. The van der Waals surface area contributed by atoms with Crippen LogP contribution in [0.5, 0.6) is 5.75 Å². The molecule has 2 N–H and O–H groups in total. The second-order valence-electron chi connectivity index (χ2n) is 10.4. The smallest absolute Gasteiger partial charge is 0.248 e. The van der Waals surface area contributed by atoms with E-state index in [0.717, 1.165) is 49.2 Å². The molecule has 0 unspecified atom stereocenters. The maximum Gasteiger partial charge on any atom is 0.248 e. The van der Waals surface area contributed by atoms with E-state index in [2.05, 4.69) is 46.6 Å². The first-order chi connectivity index (χ1) is 18.6. The molecular weight excluding hydrogens is 476 g/mol. The molecule has 2 fully saturated rings. The van der Waals surface area contributed by atoms with Gasteiger partial charge in [-0.15, -0.1) is 0 Å². The van der Waals surface area contributed by atoms with Crippen molar-refractivity contribution in [1.29, 1.82) is 0 Å². The second-order valence-corrected chi connectivity index (χ2v) is 10.4. The summed E-state index contributed by atoms with van der Waals surface area (Å²) in [6.07, 6.45) is 9.80. The minimum absolute atomic E-state index is 0.112. The molecule has 0 bridgehead atoms. The Morgan fingerprint density at radius 2 is 1.92 bits per heavy atom. The predicted octanol–water partition coefficient (Wildman–Crippen LogP) is 5.80. The molecule has 0 spiro atoms. The minimum Gasteiger partial charge on any atom is -0.491 e. The lowest BCUT2D eigenvalue weighted by atomic mass is 10.1. The number of amides is 1. The molecule has 5 rings (SSSR count). The molecule has 7 nitrogen and oxygen atoms in total. The van der Waals surface area contributed by atoms with Crippen LogP contribution in [0.3, 0.4) is 0 Å². The number of nitrogens with zero attached hydrogens (tertiary/aromatic N) is 2. The van der Waals surface area contributed by atoms with Crippen molar-refractivity contribution in [1.82, 2.24) is 9.88 Å². The van der Waals surface area contributed by atoms with Gasteiger partial charge in [-0.3, -0.25) is 14.7 Å². The van der Waals surface area contributed by atoms with E-state index in [1.807, 2.05) is 48.7 Å². The predicted molar refractivity (Wildman–Crippen MR) is 153 cm³/mol. The highest BCUT2D eigenvalue weighted by molar-refractivity contribution is 6.03. The van der Waals surface area contributed by atoms with E-state index in [1.54, 1.807) is 6.08 Å². The summed E-state index contributed by atoms with van der Waals surface area (Å²) in [4.78, 5) is 19.8. The second kappa shape index (κ2) is 12.4. The molecule has 200 valence electrons. The maximum atomic E-state index is 12.9. The van der Waals surface area contributed by atoms with Crippen LogP contribution in [0.25, 0.3) is 10.9 Å². The van der Waals surface area contributed by atoms with Gasteiger partial charge in [-0.05, 0) is 63.3 Å². The topological polar surface area (TPSA) is 75.7 Å². The Morgan fingerprint density at radius 3 is 2.68 bits per heavy atom. The number of hydrogen-bond donors (Lipinski definition) is 2. The van der Waals surface area contributed by atoms with Gasteiger partial charge in [0.25, 0.3) is 0 Å². The summed E-state index contributed by atoms with van der Waals surface area (Å²) in [6, 6.07) is 16.8. The summed E-state index contributed by atoms with van der Waals surface area (Å²) in [5.74, 6) is 1.09. The Hall–Kier alpha value is -3.42. The lowest BCUT2D eigenvalue weighted by molar-refractivity contribution is -0.111. The summed E-state index contributed by atoms with van der Waals surface area (Å²) in [5.41, 5.74) is 3.65. The van der Waals surface area contributed by atoms with Crippen molar-refractivity contribution in [2.45, 2.75) is 44.7 Å². The van der Waals surface area contributed by atoms with E-state index in [9.17, 15) is 4.79 Å². The van der Waals surface area contributed by atoms with Crippen LogP contribution in [0.2, 0.25) is 0 Å². The van der Waals surface area contributed by atoms with Gasteiger partial charge >= 0.3 is 0 Å². The standard InChI is InChI=1S/C31H38N4O3/c1-22(24-7-4-3-5-8-24)33-27-12-15-32-28-20-30(38-21-23-10-11-23)29(19-26(27)28)34-31(36)9-6-16-35(2)25-13-17-37-18-14-25/h3-9,12,15,19-20,22-23,25H,10-11,13-14,16-18,21H2,1-2H3,(H,32,33)(H,34,36)/t22-/m1/s1. The van der Waals surface area contributed by atoms with E-state index in [4.69, 9.17) is 9.47 Å². The molecular formula is C31H38N4O3. The number of fused-ring (bicyclic) bond motifs is 1. The van der Waals surface area contributed by atoms with E-state index in [-0.39, 0.29) is 11.9 Å².